The third kappa shape index (κ3) is 7.11. The second-order valence-corrected chi connectivity index (χ2v) is 5.29. The molecule has 114 valence electrons. The summed E-state index contributed by atoms with van der Waals surface area (Å²) in [5.41, 5.74) is 7.09. The molecule has 4 nitrogen and oxygen atoms in total. The van der Waals surface area contributed by atoms with Crippen LogP contribution < -0.4 is 10.5 Å². The number of nitrogens with zero attached hydrogens (tertiary/aromatic N) is 2. The highest BCUT2D eigenvalue weighted by Gasteiger charge is 2.05. The largest absolute Gasteiger partial charge is 0.490 e. The molecule has 0 aliphatic heterocycles. The van der Waals surface area contributed by atoms with Gasteiger partial charge in [-0.2, -0.15) is 0 Å². The molecule has 0 spiro atoms. The van der Waals surface area contributed by atoms with Crippen molar-refractivity contribution in [3.8, 4) is 5.75 Å². The minimum Gasteiger partial charge on any atom is -0.490 e. The zero-order valence-electron chi connectivity index (χ0n) is 12.8. The minimum atomic E-state index is -0.0347. The highest BCUT2D eigenvalue weighted by Crippen LogP contribution is 2.15. The predicted octanol–water partition coefficient (Wildman–Crippen LogP) is 3.31. The molecule has 1 unspecified atom stereocenters. The van der Waals surface area contributed by atoms with Crippen molar-refractivity contribution in [2.24, 2.45) is 5.73 Å². The monoisotopic (exact) mass is 305 g/mol. The SMILES string of the molecule is CC.Cc1cncc(OCC(N)CSc2ccccn2)c1. The van der Waals surface area contributed by atoms with Crippen LogP contribution in [0.2, 0.25) is 0 Å². The van der Waals surface area contributed by atoms with E-state index >= 15 is 0 Å². The van der Waals surface area contributed by atoms with Crippen LogP contribution in [0.15, 0.2) is 47.9 Å². The van der Waals surface area contributed by atoms with Gasteiger partial charge in [-0.15, -0.1) is 11.8 Å². The quantitative estimate of drug-likeness (QED) is 0.830. The van der Waals surface area contributed by atoms with Crippen molar-refractivity contribution in [3.05, 3.63) is 48.4 Å². The van der Waals surface area contributed by atoms with Gasteiger partial charge in [0.2, 0.25) is 0 Å². The summed E-state index contributed by atoms with van der Waals surface area (Å²) in [5, 5.41) is 0.982. The van der Waals surface area contributed by atoms with Gasteiger partial charge in [0.05, 0.1) is 11.2 Å². The molecule has 2 aromatic heterocycles. The Balaban J connectivity index is 0.00000106. The normalized spacial score (nSPS) is 11.2. The Labute approximate surface area is 131 Å². The molecule has 2 aromatic rings. The van der Waals surface area contributed by atoms with Gasteiger partial charge < -0.3 is 10.5 Å². The molecule has 0 bridgehead atoms. The fraction of sp³-hybridized carbons (Fsp3) is 0.375. The number of hydrogen-bond donors (Lipinski definition) is 1. The van der Waals surface area contributed by atoms with Crippen molar-refractivity contribution in [2.75, 3.05) is 12.4 Å². The van der Waals surface area contributed by atoms with E-state index in [9.17, 15) is 0 Å². The molecule has 2 heterocycles. The minimum absolute atomic E-state index is 0.0347. The molecule has 0 saturated carbocycles. The molecule has 2 rings (SSSR count). The van der Waals surface area contributed by atoms with E-state index < -0.39 is 0 Å². The molecule has 5 heteroatoms. The maximum atomic E-state index is 6.01. The van der Waals surface area contributed by atoms with Gasteiger partial charge in [-0.05, 0) is 30.7 Å². The second kappa shape index (κ2) is 10.2. The van der Waals surface area contributed by atoms with Crippen LogP contribution in [0.4, 0.5) is 0 Å². The molecule has 0 amide bonds. The first-order chi connectivity index (χ1) is 10.2. The topological polar surface area (TPSA) is 61.0 Å². The summed E-state index contributed by atoms with van der Waals surface area (Å²) in [4.78, 5) is 8.31. The number of aryl methyl sites for hydroxylation is 1. The van der Waals surface area contributed by atoms with E-state index in [2.05, 4.69) is 9.97 Å². The summed E-state index contributed by atoms with van der Waals surface area (Å²) in [6, 6.07) is 7.76. The van der Waals surface area contributed by atoms with Crippen LogP contribution >= 0.6 is 11.8 Å². The molecule has 0 saturated heterocycles. The van der Waals surface area contributed by atoms with Crippen molar-refractivity contribution >= 4 is 11.8 Å². The molecule has 0 aliphatic rings. The highest BCUT2D eigenvalue weighted by atomic mass is 32.2. The van der Waals surface area contributed by atoms with Gasteiger partial charge in [0, 0.05) is 24.2 Å². The Morgan fingerprint density at radius 1 is 1.29 bits per heavy atom. The average molecular weight is 305 g/mol. The Bertz CT molecular complexity index is 508. The Kier molecular flexibility index (Phi) is 8.47. The van der Waals surface area contributed by atoms with Crippen molar-refractivity contribution in [1.29, 1.82) is 0 Å². The fourth-order valence-corrected chi connectivity index (χ4v) is 2.27. The fourth-order valence-electron chi connectivity index (χ4n) is 1.48. The maximum Gasteiger partial charge on any atom is 0.137 e. The number of thioether (sulfide) groups is 1. The van der Waals surface area contributed by atoms with E-state index in [4.69, 9.17) is 10.5 Å². The van der Waals surface area contributed by atoms with E-state index in [-0.39, 0.29) is 6.04 Å². The first kappa shape index (κ1) is 17.5. The molecular formula is C16H23N3OS. The van der Waals surface area contributed by atoms with Crippen LogP contribution in [0.1, 0.15) is 19.4 Å². The molecule has 0 fully saturated rings. The highest BCUT2D eigenvalue weighted by molar-refractivity contribution is 7.99. The molecule has 0 aromatic carbocycles. The van der Waals surface area contributed by atoms with E-state index in [0.29, 0.717) is 6.61 Å². The van der Waals surface area contributed by atoms with Gasteiger partial charge in [-0.1, -0.05) is 19.9 Å². The second-order valence-electron chi connectivity index (χ2n) is 4.25. The lowest BCUT2D eigenvalue weighted by Crippen LogP contribution is -2.30. The third-order valence-electron chi connectivity index (χ3n) is 2.40. The molecular weight excluding hydrogens is 282 g/mol. The Morgan fingerprint density at radius 2 is 2.10 bits per heavy atom. The predicted molar refractivity (Wildman–Crippen MR) is 88.8 cm³/mol. The van der Waals surface area contributed by atoms with Crippen molar-refractivity contribution < 1.29 is 4.74 Å². The summed E-state index contributed by atoms with van der Waals surface area (Å²) in [6.45, 7) is 6.46. The lowest BCUT2D eigenvalue weighted by molar-refractivity contribution is 0.296. The zero-order chi connectivity index (χ0) is 15.5. The van der Waals surface area contributed by atoms with Crippen LogP contribution in [0.3, 0.4) is 0 Å². The van der Waals surface area contributed by atoms with Gasteiger partial charge >= 0.3 is 0 Å². The number of pyridine rings is 2. The van der Waals surface area contributed by atoms with Crippen LogP contribution in [-0.4, -0.2) is 28.4 Å². The number of aromatic nitrogens is 2. The van der Waals surface area contributed by atoms with Gasteiger partial charge in [0.25, 0.3) is 0 Å². The number of hydrogen-bond acceptors (Lipinski definition) is 5. The van der Waals surface area contributed by atoms with E-state index in [1.54, 1.807) is 30.4 Å². The lowest BCUT2D eigenvalue weighted by Gasteiger charge is -2.12. The smallest absolute Gasteiger partial charge is 0.137 e. The van der Waals surface area contributed by atoms with E-state index in [0.717, 1.165) is 22.1 Å². The summed E-state index contributed by atoms with van der Waals surface area (Å²) in [7, 11) is 0. The van der Waals surface area contributed by atoms with Crippen LogP contribution in [0.5, 0.6) is 5.75 Å². The maximum absolute atomic E-state index is 6.01. The number of nitrogens with two attached hydrogens (primary N) is 1. The summed E-state index contributed by atoms with van der Waals surface area (Å²) < 4.78 is 5.62. The van der Waals surface area contributed by atoms with Gasteiger partial charge in [-0.3, -0.25) is 4.98 Å². The number of rotatable bonds is 6. The lowest BCUT2D eigenvalue weighted by atomic mass is 10.3. The molecule has 21 heavy (non-hydrogen) atoms. The standard InChI is InChI=1S/C14H17N3OS.C2H6/c1-11-6-13(8-16-7-11)18-9-12(15)10-19-14-4-2-3-5-17-14;1-2/h2-8,12H,9-10,15H2,1H3;1-2H3. The van der Waals surface area contributed by atoms with E-state index in [1.807, 2.05) is 45.0 Å². The van der Waals surface area contributed by atoms with Gasteiger partial charge in [0.1, 0.15) is 12.4 Å². The summed E-state index contributed by atoms with van der Waals surface area (Å²) in [6.07, 6.45) is 5.28. The van der Waals surface area contributed by atoms with Crippen molar-refractivity contribution in [1.82, 2.24) is 9.97 Å². The van der Waals surface area contributed by atoms with Crippen LogP contribution in [0.25, 0.3) is 0 Å². The molecule has 0 radical (unpaired) electrons. The molecule has 1 atom stereocenters. The average Bonchev–Trinajstić information content (AvgIpc) is 2.54. The number of ether oxygens (including phenoxy) is 1. The molecule has 0 aliphatic carbocycles. The summed E-state index contributed by atoms with van der Waals surface area (Å²) in [5.74, 6) is 1.54. The first-order valence-corrected chi connectivity index (χ1v) is 8.06. The van der Waals surface area contributed by atoms with Crippen LogP contribution in [0, 0.1) is 6.92 Å². The van der Waals surface area contributed by atoms with Gasteiger partial charge in [-0.25, -0.2) is 4.98 Å². The summed E-state index contributed by atoms with van der Waals surface area (Å²) >= 11 is 1.64. The Hall–Kier alpha value is -1.59. The molecule has 2 N–H and O–H groups in total. The van der Waals surface area contributed by atoms with Gasteiger partial charge in [0.15, 0.2) is 0 Å². The van der Waals surface area contributed by atoms with Crippen LogP contribution in [-0.2, 0) is 0 Å². The Morgan fingerprint density at radius 3 is 2.76 bits per heavy atom. The van der Waals surface area contributed by atoms with Crippen molar-refractivity contribution in [2.45, 2.75) is 31.8 Å². The zero-order valence-corrected chi connectivity index (χ0v) is 13.6. The van der Waals surface area contributed by atoms with Crippen molar-refractivity contribution in [3.63, 3.8) is 0 Å². The third-order valence-corrected chi connectivity index (χ3v) is 3.53. The first-order valence-electron chi connectivity index (χ1n) is 7.08. The van der Waals surface area contributed by atoms with E-state index in [1.165, 1.54) is 0 Å².